The zero-order valence-electron chi connectivity index (χ0n) is 18.5. The van der Waals surface area contributed by atoms with Crippen LogP contribution < -0.4 is 10.0 Å². The molecule has 0 radical (unpaired) electrons. The SMILES string of the molecule is CC(C)c1ccc(-c2cncnc2)cc1NC(=O)N[S+]([O-])c1cc(C(=O)N(C)C)n(C)n1. The van der Waals surface area contributed by atoms with Gasteiger partial charge in [-0.3, -0.25) is 9.48 Å². The van der Waals surface area contributed by atoms with Crippen molar-refractivity contribution in [1.29, 1.82) is 0 Å². The molecule has 0 saturated heterocycles. The van der Waals surface area contributed by atoms with Crippen LogP contribution in [-0.4, -0.2) is 55.2 Å². The fourth-order valence-electron chi connectivity index (χ4n) is 3.04. The number of anilines is 1. The van der Waals surface area contributed by atoms with Crippen molar-refractivity contribution in [2.24, 2.45) is 7.05 Å². The standard InChI is InChI=1S/C21H25N7O3S/c1-13(2)16-7-6-14(15-10-22-12-23-11-15)8-17(16)24-21(30)26-32(31)19-9-18(28(5)25-19)20(29)27(3)4/h6-13H,1-5H3,(H2,24,26,30). The Balaban J connectivity index is 1.78. The third-order valence-electron chi connectivity index (χ3n) is 4.68. The molecule has 0 aliphatic carbocycles. The maximum atomic E-state index is 12.6. The second kappa shape index (κ2) is 9.79. The predicted octanol–water partition coefficient (Wildman–Crippen LogP) is 2.55. The van der Waals surface area contributed by atoms with E-state index in [4.69, 9.17) is 0 Å². The average molecular weight is 456 g/mol. The second-order valence-corrected chi connectivity index (χ2v) is 8.76. The minimum atomic E-state index is -1.95. The van der Waals surface area contributed by atoms with E-state index in [9.17, 15) is 14.1 Å². The molecular formula is C21H25N7O3S. The summed E-state index contributed by atoms with van der Waals surface area (Å²) >= 11 is -1.95. The monoisotopic (exact) mass is 455 g/mol. The summed E-state index contributed by atoms with van der Waals surface area (Å²) in [5, 5.41) is 6.93. The van der Waals surface area contributed by atoms with E-state index in [1.54, 1.807) is 33.5 Å². The number of urea groups is 1. The molecule has 3 amide bonds. The first-order chi connectivity index (χ1) is 15.2. The lowest BCUT2D eigenvalue weighted by molar-refractivity contribution is 0.0817. The maximum Gasteiger partial charge on any atom is 0.361 e. The van der Waals surface area contributed by atoms with Gasteiger partial charge in [-0.15, -0.1) is 9.82 Å². The van der Waals surface area contributed by atoms with Gasteiger partial charge in [0.2, 0.25) is 0 Å². The minimum absolute atomic E-state index is 0.0760. The van der Waals surface area contributed by atoms with Crippen molar-refractivity contribution in [1.82, 2.24) is 29.4 Å². The second-order valence-electron chi connectivity index (χ2n) is 7.60. The number of rotatable bonds is 6. The molecule has 10 nitrogen and oxygen atoms in total. The number of benzene rings is 1. The van der Waals surface area contributed by atoms with Crippen molar-refractivity contribution < 1.29 is 14.1 Å². The summed E-state index contributed by atoms with van der Waals surface area (Å²) in [5.74, 6) is -0.136. The Kier molecular flexibility index (Phi) is 7.11. The number of amides is 3. The highest BCUT2D eigenvalue weighted by Gasteiger charge is 2.24. The number of carbonyl (C=O) groups excluding carboxylic acids is 2. The average Bonchev–Trinajstić information content (AvgIpc) is 3.15. The summed E-state index contributed by atoms with van der Waals surface area (Å²) in [6, 6.07) is 6.43. The van der Waals surface area contributed by atoms with Gasteiger partial charge in [-0.1, -0.05) is 26.0 Å². The van der Waals surface area contributed by atoms with Crippen LogP contribution >= 0.6 is 0 Å². The molecule has 32 heavy (non-hydrogen) atoms. The molecule has 0 fully saturated rings. The van der Waals surface area contributed by atoms with Crippen LogP contribution in [0.1, 0.15) is 35.8 Å². The lowest BCUT2D eigenvalue weighted by atomic mass is 9.97. The van der Waals surface area contributed by atoms with Crippen molar-refractivity contribution in [3.63, 3.8) is 0 Å². The molecule has 2 N–H and O–H groups in total. The number of nitrogens with one attached hydrogen (secondary N) is 2. The fraction of sp³-hybridized carbons (Fsp3) is 0.286. The maximum absolute atomic E-state index is 12.6. The first-order valence-corrected chi connectivity index (χ1v) is 11.0. The van der Waals surface area contributed by atoms with Crippen molar-refractivity contribution in [3.05, 3.63) is 54.2 Å². The van der Waals surface area contributed by atoms with E-state index in [2.05, 4.69) is 25.1 Å². The molecule has 0 saturated carbocycles. The van der Waals surface area contributed by atoms with Crippen LogP contribution in [-0.2, 0) is 18.4 Å². The van der Waals surface area contributed by atoms with Gasteiger partial charge in [0.05, 0.1) is 0 Å². The summed E-state index contributed by atoms with van der Waals surface area (Å²) in [5.41, 5.74) is 3.41. The van der Waals surface area contributed by atoms with Crippen molar-refractivity contribution >= 4 is 29.0 Å². The van der Waals surface area contributed by atoms with E-state index in [1.807, 2.05) is 32.0 Å². The van der Waals surface area contributed by atoms with Gasteiger partial charge in [0.15, 0.2) is 0 Å². The van der Waals surface area contributed by atoms with E-state index in [0.717, 1.165) is 16.7 Å². The molecule has 168 valence electrons. The molecule has 2 heterocycles. The number of hydrogen-bond donors (Lipinski definition) is 2. The first kappa shape index (κ1) is 23.2. The Morgan fingerprint density at radius 3 is 2.44 bits per heavy atom. The van der Waals surface area contributed by atoms with Crippen molar-refractivity contribution in [3.8, 4) is 11.1 Å². The predicted molar refractivity (Wildman–Crippen MR) is 121 cm³/mol. The van der Waals surface area contributed by atoms with Gasteiger partial charge in [-0.2, -0.15) is 0 Å². The van der Waals surface area contributed by atoms with E-state index in [0.29, 0.717) is 5.69 Å². The normalized spacial score (nSPS) is 11.8. The van der Waals surface area contributed by atoms with Crippen LogP contribution in [0.4, 0.5) is 10.5 Å². The van der Waals surface area contributed by atoms with Crippen LogP contribution in [0.15, 0.2) is 48.0 Å². The largest absolute Gasteiger partial charge is 0.586 e. The molecule has 0 spiro atoms. The van der Waals surface area contributed by atoms with Gasteiger partial charge in [0, 0.05) is 50.9 Å². The Morgan fingerprint density at radius 1 is 1.12 bits per heavy atom. The smallest absolute Gasteiger partial charge is 0.361 e. The lowest BCUT2D eigenvalue weighted by Gasteiger charge is -2.16. The molecule has 2 aromatic heterocycles. The van der Waals surface area contributed by atoms with Crippen LogP contribution in [0.3, 0.4) is 0 Å². The van der Waals surface area contributed by atoms with Crippen molar-refractivity contribution in [2.75, 3.05) is 19.4 Å². The fourth-order valence-corrected chi connectivity index (χ4v) is 3.78. The number of nitrogens with zero attached hydrogens (tertiary/aromatic N) is 5. The van der Waals surface area contributed by atoms with E-state index in [-0.39, 0.29) is 22.5 Å². The third kappa shape index (κ3) is 5.24. The first-order valence-electron chi connectivity index (χ1n) is 9.81. The van der Waals surface area contributed by atoms with Gasteiger partial charge in [0.25, 0.3) is 10.9 Å². The summed E-state index contributed by atoms with van der Waals surface area (Å²) < 4.78 is 16.3. The topological polar surface area (TPSA) is 128 Å². The number of carbonyl (C=O) groups is 2. The molecule has 0 bridgehead atoms. The van der Waals surface area contributed by atoms with Gasteiger partial charge in [-0.05, 0) is 23.1 Å². The van der Waals surface area contributed by atoms with Crippen LogP contribution in [0.2, 0.25) is 0 Å². The number of aromatic nitrogens is 4. The summed E-state index contributed by atoms with van der Waals surface area (Å²) in [6.07, 6.45) is 4.82. The van der Waals surface area contributed by atoms with Gasteiger partial charge < -0.3 is 14.8 Å². The highest BCUT2D eigenvalue weighted by atomic mass is 32.2. The quantitative estimate of drug-likeness (QED) is 0.550. The zero-order valence-corrected chi connectivity index (χ0v) is 19.3. The molecule has 1 atom stereocenters. The van der Waals surface area contributed by atoms with E-state index < -0.39 is 17.4 Å². The summed E-state index contributed by atoms with van der Waals surface area (Å²) in [6.45, 7) is 4.03. The molecule has 0 aliphatic rings. The van der Waals surface area contributed by atoms with Crippen LogP contribution in [0, 0.1) is 0 Å². The molecule has 0 aliphatic heterocycles. The number of hydrogen-bond acceptors (Lipinski definition) is 6. The molecule has 1 aromatic carbocycles. The highest BCUT2D eigenvalue weighted by Crippen LogP contribution is 2.29. The molecular weight excluding hydrogens is 430 g/mol. The molecule has 1 unspecified atom stereocenters. The highest BCUT2D eigenvalue weighted by molar-refractivity contribution is 7.90. The third-order valence-corrected chi connectivity index (χ3v) is 5.63. The molecule has 3 aromatic rings. The lowest BCUT2D eigenvalue weighted by Crippen LogP contribution is -2.35. The van der Waals surface area contributed by atoms with Gasteiger partial charge >= 0.3 is 6.03 Å². The van der Waals surface area contributed by atoms with Gasteiger partial charge in [-0.25, -0.2) is 14.8 Å². The summed E-state index contributed by atoms with van der Waals surface area (Å²) in [7, 11) is 4.80. The Labute approximate surface area is 189 Å². The van der Waals surface area contributed by atoms with Crippen molar-refractivity contribution in [2.45, 2.75) is 24.8 Å². The summed E-state index contributed by atoms with van der Waals surface area (Å²) in [4.78, 5) is 34.2. The Hall–Kier alpha value is -3.44. The molecule has 11 heteroatoms. The van der Waals surface area contributed by atoms with Gasteiger partial charge in [0.1, 0.15) is 23.4 Å². The zero-order chi connectivity index (χ0) is 23.4. The van der Waals surface area contributed by atoms with E-state index >= 15 is 0 Å². The van der Waals surface area contributed by atoms with E-state index in [1.165, 1.54) is 22.0 Å². The Bertz CT molecular complexity index is 1120. The van der Waals surface area contributed by atoms with Crippen LogP contribution in [0.5, 0.6) is 0 Å². The molecule has 3 rings (SSSR count). The minimum Gasteiger partial charge on any atom is -0.586 e. The number of aryl methyl sites for hydroxylation is 1. The Morgan fingerprint density at radius 2 is 1.81 bits per heavy atom. The van der Waals surface area contributed by atoms with Crippen LogP contribution in [0.25, 0.3) is 11.1 Å².